The molecule has 0 unspecified atom stereocenters. The standard InChI is InChI=1S/C13H13N3/c1-8-15-13-10(14)7-6-9-4-3-5-11(12(9)13)16(8)2/h3-7H,14H2,1-2H3. The Kier molecular flexibility index (Phi) is 1.72. The highest BCUT2D eigenvalue weighted by molar-refractivity contribution is 6.16. The van der Waals surface area contributed by atoms with Crippen LogP contribution in [0.4, 0.5) is 17.1 Å². The van der Waals surface area contributed by atoms with E-state index in [1.54, 1.807) is 0 Å². The highest BCUT2D eigenvalue weighted by Crippen LogP contribution is 2.41. The summed E-state index contributed by atoms with van der Waals surface area (Å²) in [4.78, 5) is 6.65. The van der Waals surface area contributed by atoms with E-state index in [9.17, 15) is 0 Å². The van der Waals surface area contributed by atoms with Gasteiger partial charge in [-0.3, -0.25) is 0 Å². The van der Waals surface area contributed by atoms with Crippen molar-refractivity contribution >= 4 is 33.7 Å². The van der Waals surface area contributed by atoms with E-state index < -0.39 is 0 Å². The molecule has 2 aromatic rings. The van der Waals surface area contributed by atoms with Crippen LogP contribution in [0.25, 0.3) is 10.8 Å². The maximum absolute atomic E-state index is 5.98. The quantitative estimate of drug-likeness (QED) is 0.681. The number of aliphatic imine (C=N–C) groups is 1. The van der Waals surface area contributed by atoms with E-state index in [-0.39, 0.29) is 0 Å². The molecule has 2 N–H and O–H groups in total. The molecule has 1 aliphatic heterocycles. The summed E-state index contributed by atoms with van der Waals surface area (Å²) in [5, 5.41) is 2.33. The van der Waals surface area contributed by atoms with Crippen LogP contribution in [0.5, 0.6) is 0 Å². The molecule has 0 amide bonds. The fourth-order valence-electron chi connectivity index (χ4n) is 2.17. The normalized spacial score (nSPS) is 14.1. The molecule has 0 spiro atoms. The van der Waals surface area contributed by atoms with E-state index in [1.165, 1.54) is 11.1 Å². The fourth-order valence-corrected chi connectivity index (χ4v) is 2.17. The third-order valence-electron chi connectivity index (χ3n) is 3.15. The maximum atomic E-state index is 5.98. The van der Waals surface area contributed by atoms with Crippen molar-refractivity contribution in [3.63, 3.8) is 0 Å². The second-order valence-electron chi connectivity index (χ2n) is 4.10. The summed E-state index contributed by atoms with van der Waals surface area (Å²) in [6.45, 7) is 1.99. The van der Waals surface area contributed by atoms with Gasteiger partial charge in [-0.05, 0) is 24.4 Å². The molecule has 0 radical (unpaired) electrons. The van der Waals surface area contributed by atoms with Crippen LogP contribution >= 0.6 is 0 Å². The molecular weight excluding hydrogens is 198 g/mol. The number of hydrogen-bond acceptors (Lipinski definition) is 3. The summed E-state index contributed by atoms with van der Waals surface area (Å²) >= 11 is 0. The van der Waals surface area contributed by atoms with E-state index in [4.69, 9.17) is 5.73 Å². The monoisotopic (exact) mass is 211 g/mol. The van der Waals surface area contributed by atoms with Gasteiger partial charge < -0.3 is 10.6 Å². The summed E-state index contributed by atoms with van der Waals surface area (Å²) in [7, 11) is 2.03. The van der Waals surface area contributed by atoms with Crippen molar-refractivity contribution in [3.05, 3.63) is 30.3 Å². The summed E-state index contributed by atoms with van der Waals surface area (Å²) in [6, 6.07) is 10.2. The third-order valence-corrected chi connectivity index (χ3v) is 3.15. The van der Waals surface area contributed by atoms with Gasteiger partial charge in [0.1, 0.15) is 5.84 Å². The molecule has 0 saturated heterocycles. The number of nitrogens with zero attached hydrogens (tertiary/aromatic N) is 2. The molecule has 0 atom stereocenters. The number of hydrogen-bond donors (Lipinski definition) is 1. The Morgan fingerprint density at radius 2 is 2.00 bits per heavy atom. The second-order valence-corrected chi connectivity index (χ2v) is 4.10. The van der Waals surface area contributed by atoms with Crippen molar-refractivity contribution in [1.82, 2.24) is 0 Å². The van der Waals surface area contributed by atoms with E-state index in [2.05, 4.69) is 28.1 Å². The number of benzene rings is 2. The van der Waals surface area contributed by atoms with Crippen molar-refractivity contribution in [2.24, 2.45) is 4.99 Å². The summed E-state index contributed by atoms with van der Waals surface area (Å²) in [5.41, 5.74) is 8.80. The first-order chi connectivity index (χ1) is 7.68. The minimum Gasteiger partial charge on any atom is -0.397 e. The van der Waals surface area contributed by atoms with Crippen LogP contribution in [0.3, 0.4) is 0 Å². The Labute approximate surface area is 94.2 Å². The molecule has 3 heteroatoms. The molecule has 0 saturated carbocycles. The molecule has 2 aromatic carbocycles. The summed E-state index contributed by atoms with van der Waals surface area (Å²) in [6.07, 6.45) is 0. The van der Waals surface area contributed by atoms with Gasteiger partial charge in [0.05, 0.1) is 17.1 Å². The summed E-state index contributed by atoms with van der Waals surface area (Å²) < 4.78 is 0. The lowest BCUT2D eigenvalue weighted by atomic mass is 10.0. The summed E-state index contributed by atoms with van der Waals surface area (Å²) in [5.74, 6) is 0.970. The number of nitrogen functional groups attached to an aromatic ring is 1. The fraction of sp³-hybridized carbons (Fsp3) is 0.154. The van der Waals surface area contributed by atoms with Crippen molar-refractivity contribution in [3.8, 4) is 0 Å². The number of nitrogens with two attached hydrogens (primary N) is 1. The SMILES string of the molecule is CC1=Nc2c(N)ccc3cccc(c23)N1C. The van der Waals surface area contributed by atoms with Gasteiger partial charge in [-0.2, -0.15) is 0 Å². The predicted molar refractivity (Wildman–Crippen MR) is 69.5 cm³/mol. The average Bonchev–Trinajstić information content (AvgIpc) is 2.29. The van der Waals surface area contributed by atoms with Crippen LogP contribution in [-0.4, -0.2) is 12.9 Å². The topological polar surface area (TPSA) is 41.6 Å². The Morgan fingerprint density at radius 3 is 2.81 bits per heavy atom. The molecule has 16 heavy (non-hydrogen) atoms. The highest BCUT2D eigenvalue weighted by atomic mass is 15.2. The lowest BCUT2D eigenvalue weighted by Crippen LogP contribution is -2.25. The van der Waals surface area contributed by atoms with E-state index in [1.807, 2.05) is 26.1 Å². The van der Waals surface area contributed by atoms with Crippen LogP contribution in [-0.2, 0) is 0 Å². The van der Waals surface area contributed by atoms with Gasteiger partial charge in [0.2, 0.25) is 0 Å². The molecule has 80 valence electrons. The Morgan fingerprint density at radius 1 is 1.19 bits per heavy atom. The van der Waals surface area contributed by atoms with Crippen molar-refractivity contribution in [1.29, 1.82) is 0 Å². The number of amidine groups is 1. The zero-order valence-electron chi connectivity index (χ0n) is 9.36. The van der Waals surface area contributed by atoms with Crippen LogP contribution in [0.15, 0.2) is 35.3 Å². The molecule has 1 heterocycles. The van der Waals surface area contributed by atoms with Gasteiger partial charge in [0.25, 0.3) is 0 Å². The van der Waals surface area contributed by atoms with Crippen molar-refractivity contribution in [2.45, 2.75) is 6.92 Å². The zero-order valence-corrected chi connectivity index (χ0v) is 9.36. The molecule has 3 nitrogen and oxygen atoms in total. The van der Waals surface area contributed by atoms with Gasteiger partial charge in [-0.1, -0.05) is 18.2 Å². The predicted octanol–water partition coefficient (Wildman–Crippen LogP) is 2.92. The van der Waals surface area contributed by atoms with E-state index in [0.29, 0.717) is 0 Å². The van der Waals surface area contributed by atoms with Gasteiger partial charge in [-0.25, -0.2) is 4.99 Å². The molecule has 0 bridgehead atoms. The lowest BCUT2D eigenvalue weighted by molar-refractivity contribution is 1.23. The molecular formula is C13H13N3. The average molecular weight is 211 g/mol. The highest BCUT2D eigenvalue weighted by Gasteiger charge is 2.18. The number of rotatable bonds is 0. The zero-order chi connectivity index (χ0) is 11.3. The Bertz CT molecular complexity index is 614. The van der Waals surface area contributed by atoms with Gasteiger partial charge >= 0.3 is 0 Å². The van der Waals surface area contributed by atoms with Gasteiger partial charge in [0, 0.05) is 12.4 Å². The Balaban J connectivity index is 2.52. The van der Waals surface area contributed by atoms with Crippen molar-refractivity contribution < 1.29 is 0 Å². The lowest BCUT2D eigenvalue weighted by Gasteiger charge is -2.26. The molecule has 0 aliphatic carbocycles. The van der Waals surface area contributed by atoms with Crippen LogP contribution in [0.1, 0.15) is 6.92 Å². The first-order valence-electron chi connectivity index (χ1n) is 5.29. The third kappa shape index (κ3) is 1.05. The van der Waals surface area contributed by atoms with E-state index in [0.717, 1.165) is 22.6 Å². The van der Waals surface area contributed by atoms with E-state index >= 15 is 0 Å². The smallest absolute Gasteiger partial charge is 0.106 e. The van der Waals surface area contributed by atoms with Crippen LogP contribution in [0.2, 0.25) is 0 Å². The molecule has 0 fully saturated rings. The van der Waals surface area contributed by atoms with Gasteiger partial charge in [0.15, 0.2) is 0 Å². The largest absolute Gasteiger partial charge is 0.397 e. The first-order valence-corrected chi connectivity index (χ1v) is 5.29. The van der Waals surface area contributed by atoms with Gasteiger partial charge in [-0.15, -0.1) is 0 Å². The molecule has 0 aromatic heterocycles. The first kappa shape index (κ1) is 9.21. The molecule has 3 rings (SSSR count). The second kappa shape index (κ2) is 2.98. The maximum Gasteiger partial charge on any atom is 0.106 e. The molecule has 1 aliphatic rings. The van der Waals surface area contributed by atoms with Crippen molar-refractivity contribution in [2.75, 3.05) is 17.7 Å². The van der Waals surface area contributed by atoms with Crippen LogP contribution in [0, 0.1) is 0 Å². The minimum absolute atomic E-state index is 0.743. The number of anilines is 2. The minimum atomic E-state index is 0.743. The van der Waals surface area contributed by atoms with Crippen LogP contribution < -0.4 is 10.6 Å². The Hall–Kier alpha value is -2.03.